The van der Waals surface area contributed by atoms with Crippen LogP contribution < -0.4 is 5.73 Å². The first-order valence-electron chi connectivity index (χ1n) is 10.5. The van der Waals surface area contributed by atoms with Crippen molar-refractivity contribution in [2.75, 3.05) is 5.73 Å². The second kappa shape index (κ2) is 7.13. The predicted octanol–water partition coefficient (Wildman–Crippen LogP) is 8.60. The molecule has 30 heavy (non-hydrogen) atoms. The maximum absolute atomic E-state index is 6.57. The Hall–Kier alpha value is -2.32. The van der Waals surface area contributed by atoms with E-state index in [2.05, 4.69) is 112 Å². The second-order valence-corrected chi connectivity index (χ2v) is 11.2. The molecule has 154 valence electrons. The molecule has 0 aliphatic carbocycles. The first-order valence-corrected chi connectivity index (χ1v) is 11.3. The summed E-state index contributed by atoms with van der Waals surface area (Å²) in [4.78, 5) is 0. The average Bonchev–Trinajstić information content (AvgIpc) is 2.66. The molecule has 2 N–H and O–H groups in total. The molecule has 0 bridgehead atoms. The molecule has 0 unspecified atom stereocenters. The van der Waals surface area contributed by atoms with E-state index in [-0.39, 0.29) is 10.8 Å². The van der Waals surface area contributed by atoms with Gasteiger partial charge in [0.05, 0.1) is 5.69 Å². The normalized spacial score (nSPS) is 12.6. The lowest BCUT2D eigenvalue weighted by Crippen LogP contribution is -2.11. The number of benzene rings is 4. The molecule has 4 aromatic rings. The van der Waals surface area contributed by atoms with E-state index in [1.54, 1.807) is 0 Å². The highest BCUT2D eigenvalue weighted by atomic mass is 79.9. The van der Waals surface area contributed by atoms with Gasteiger partial charge in [0.25, 0.3) is 0 Å². The summed E-state index contributed by atoms with van der Waals surface area (Å²) in [6.45, 7) is 13.6. The van der Waals surface area contributed by atoms with Crippen molar-refractivity contribution < 1.29 is 0 Å². The molecule has 0 fully saturated rings. The lowest BCUT2D eigenvalue weighted by Gasteiger charge is -2.23. The summed E-state index contributed by atoms with van der Waals surface area (Å²) in [6.07, 6.45) is 0. The lowest BCUT2D eigenvalue weighted by atomic mass is 9.82. The van der Waals surface area contributed by atoms with Gasteiger partial charge in [-0.05, 0) is 83.2 Å². The Morgan fingerprint density at radius 2 is 1.30 bits per heavy atom. The van der Waals surface area contributed by atoms with E-state index in [0.29, 0.717) is 0 Å². The van der Waals surface area contributed by atoms with Gasteiger partial charge in [-0.1, -0.05) is 84.0 Å². The monoisotopic (exact) mass is 459 g/mol. The minimum Gasteiger partial charge on any atom is -0.397 e. The quantitative estimate of drug-likeness (QED) is 0.223. The van der Waals surface area contributed by atoms with Crippen LogP contribution >= 0.6 is 15.9 Å². The van der Waals surface area contributed by atoms with Crippen molar-refractivity contribution in [3.05, 3.63) is 76.3 Å². The number of nitrogens with two attached hydrogens (primary N) is 1. The van der Waals surface area contributed by atoms with Gasteiger partial charge < -0.3 is 5.73 Å². The fraction of sp³-hybridized carbons (Fsp3) is 0.286. The highest BCUT2D eigenvalue weighted by Crippen LogP contribution is 2.43. The summed E-state index contributed by atoms with van der Waals surface area (Å²) in [7, 11) is 0. The van der Waals surface area contributed by atoms with Gasteiger partial charge in [-0.2, -0.15) is 0 Å². The Bertz CT molecular complexity index is 1270. The van der Waals surface area contributed by atoms with Gasteiger partial charge in [-0.15, -0.1) is 0 Å². The van der Waals surface area contributed by atoms with Crippen molar-refractivity contribution in [2.45, 2.75) is 52.4 Å². The largest absolute Gasteiger partial charge is 0.397 e. The molecule has 0 spiro atoms. The highest BCUT2D eigenvalue weighted by molar-refractivity contribution is 9.10. The SMILES string of the molecule is CC(C)(C)c1ccc2c(-c3cccc(Br)c3N)c3cc(C(C)(C)C)ccc3cc2c1. The van der Waals surface area contributed by atoms with Crippen molar-refractivity contribution in [3.8, 4) is 11.1 Å². The minimum absolute atomic E-state index is 0.0827. The molecule has 0 atom stereocenters. The van der Waals surface area contributed by atoms with Crippen molar-refractivity contribution in [1.82, 2.24) is 0 Å². The van der Waals surface area contributed by atoms with Gasteiger partial charge in [0.1, 0.15) is 0 Å². The average molecular weight is 460 g/mol. The van der Waals surface area contributed by atoms with E-state index in [4.69, 9.17) is 5.73 Å². The van der Waals surface area contributed by atoms with Gasteiger partial charge in [0.2, 0.25) is 0 Å². The van der Waals surface area contributed by atoms with E-state index < -0.39 is 0 Å². The lowest BCUT2D eigenvalue weighted by molar-refractivity contribution is 0.590. The van der Waals surface area contributed by atoms with Crippen LogP contribution in [0.4, 0.5) is 5.69 Å². The molecule has 0 saturated heterocycles. The van der Waals surface area contributed by atoms with Crippen molar-refractivity contribution in [1.29, 1.82) is 0 Å². The number of hydrogen-bond acceptors (Lipinski definition) is 1. The topological polar surface area (TPSA) is 26.0 Å². The number of nitrogen functional groups attached to an aromatic ring is 1. The zero-order chi connectivity index (χ0) is 21.8. The Morgan fingerprint density at radius 1 is 0.667 bits per heavy atom. The molecule has 0 saturated carbocycles. The standard InChI is InChI=1S/C28H30BrN/c1-27(2,3)19-12-13-21-18(15-19)14-17-10-11-20(28(4,5)6)16-23(17)25(21)22-8-7-9-24(29)26(22)30/h7-16H,30H2,1-6H3. The van der Waals surface area contributed by atoms with Crippen LogP contribution in [-0.4, -0.2) is 0 Å². The Kier molecular flexibility index (Phi) is 4.97. The molecule has 0 amide bonds. The van der Waals surface area contributed by atoms with Crippen LogP contribution in [-0.2, 0) is 10.8 Å². The Balaban J connectivity index is 2.17. The maximum Gasteiger partial charge on any atom is 0.0538 e. The molecular formula is C28H30BrN. The Morgan fingerprint density at radius 3 is 1.97 bits per heavy atom. The summed E-state index contributed by atoms with van der Waals surface area (Å²) < 4.78 is 0.934. The highest BCUT2D eigenvalue weighted by Gasteiger charge is 2.20. The molecule has 4 aromatic carbocycles. The third-order valence-corrected chi connectivity index (χ3v) is 6.70. The molecule has 0 heterocycles. The summed E-state index contributed by atoms with van der Waals surface area (Å²) in [5.41, 5.74) is 12.5. The summed E-state index contributed by atoms with van der Waals surface area (Å²) in [6, 6.07) is 22.3. The molecular weight excluding hydrogens is 430 g/mol. The molecule has 0 aromatic heterocycles. The number of anilines is 1. The molecule has 2 heteroatoms. The zero-order valence-electron chi connectivity index (χ0n) is 18.7. The predicted molar refractivity (Wildman–Crippen MR) is 136 cm³/mol. The van der Waals surface area contributed by atoms with Crippen LogP contribution in [0, 0.1) is 0 Å². The van der Waals surface area contributed by atoms with Crippen LogP contribution in [0.15, 0.2) is 65.1 Å². The number of rotatable bonds is 1. The smallest absolute Gasteiger partial charge is 0.0538 e. The minimum atomic E-state index is 0.0827. The Labute approximate surface area is 188 Å². The van der Waals surface area contributed by atoms with Gasteiger partial charge >= 0.3 is 0 Å². The third-order valence-electron chi connectivity index (χ3n) is 6.01. The molecule has 0 aliphatic rings. The van der Waals surface area contributed by atoms with E-state index >= 15 is 0 Å². The van der Waals surface area contributed by atoms with Gasteiger partial charge in [0.15, 0.2) is 0 Å². The number of halogens is 1. The van der Waals surface area contributed by atoms with Crippen LogP contribution in [0.3, 0.4) is 0 Å². The molecule has 4 rings (SSSR count). The molecule has 1 nitrogen and oxygen atoms in total. The van der Waals surface area contributed by atoms with Crippen molar-refractivity contribution in [3.63, 3.8) is 0 Å². The van der Waals surface area contributed by atoms with Crippen LogP contribution in [0.2, 0.25) is 0 Å². The number of para-hydroxylation sites is 1. The number of hydrogen-bond donors (Lipinski definition) is 1. The molecule has 0 aliphatic heterocycles. The fourth-order valence-corrected chi connectivity index (χ4v) is 4.47. The van der Waals surface area contributed by atoms with E-state index in [9.17, 15) is 0 Å². The van der Waals surface area contributed by atoms with Crippen LogP contribution in [0.1, 0.15) is 52.7 Å². The van der Waals surface area contributed by atoms with E-state index in [0.717, 1.165) is 15.7 Å². The third kappa shape index (κ3) is 3.63. The van der Waals surface area contributed by atoms with Crippen LogP contribution in [0.25, 0.3) is 32.7 Å². The number of fused-ring (bicyclic) bond motifs is 2. The van der Waals surface area contributed by atoms with Gasteiger partial charge in [-0.25, -0.2) is 0 Å². The zero-order valence-corrected chi connectivity index (χ0v) is 20.3. The molecule has 0 radical (unpaired) electrons. The summed E-state index contributed by atoms with van der Waals surface area (Å²) >= 11 is 3.63. The summed E-state index contributed by atoms with van der Waals surface area (Å²) in [5.74, 6) is 0. The fourth-order valence-electron chi connectivity index (χ4n) is 4.10. The van der Waals surface area contributed by atoms with E-state index in [1.807, 2.05) is 6.07 Å². The van der Waals surface area contributed by atoms with Crippen molar-refractivity contribution in [2.24, 2.45) is 0 Å². The summed E-state index contributed by atoms with van der Waals surface area (Å²) in [5, 5.41) is 5.00. The van der Waals surface area contributed by atoms with Crippen LogP contribution in [0.5, 0.6) is 0 Å². The second-order valence-electron chi connectivity index (χ2n) is 10.3. The van der Waals surface area contributed by atoms with Gasteiger partial charge in [-0.3, -0.25) is 0 Å². The first kappa shape index (κ1) is 20.9. The van der Waals surface area contributed by atoms with Gasteiger partial charge in [0, 0.05) is 10.0 Å². The first-order chi connectivity index (χ1) is 14.0. The van der Waals surface area contributed by atoms with E-state index in [1.165, 1.54) is 38.2 Å². The van der Waals surface area contributed by atoms with Crippen molar-refractivity contribution >= 4 is 43.2 Å². The maximum atomic E-state index is 6.57.